The molecular formula is C22H28N8O2. The summed E-state index contributed by atoms with van der Waals surface area (Å²) in [6.45, 7) is 6.19. The summed E-state index contributed by atoms with van der Waals surface area (Å²) in [4.78, 5) is 30.1. The lowest BCUT2D eigenvalue weighted by molar-refractivity contribution is -0.105. The van der Waals surface area contributed by atoms with E-state index in [1.807, 2.05) is 42.2 Å². The first kappa shape index (κ1) is 21.7. The maximum absolute atomic E-state index is 12.5. The molecule has 4 heterocycles. The number of carbonyl (C=O) groups is 2. The Bertz CT molecular complexity index is 1090. The minimum absolute atomic E-state index is 0.229. The van der Waals surface area contributed by atoms with E-state index in [-0.39, 0.29) is 11.6 Å². The van der Waals surface area contributed by atoms with E-state index >= 15 is 0 Å². The molecule has 0 saturated carbocycles. The Morgan fingerprint density at radius 1 is 1.28 bits per heavy atom. The highest BCUT2D eigenvalue weighted by molar-refractivity contribution is 5.99. The number of likely N-dealkylation sites (tertiary alicyclic amines) is 1. The summed E-state index contributed by atoms with van der Waals surface area (Å²) in [6.07, 6.45) is 7.07. The molecule has 1 fully saturated rings. The molecule has 0 radical (unpaired) electrons. The number of pyridine rings is 1. The Kier molecular flexibility index (Phi) is 6.60. The molecule has 168 valence electrons. The van der Waals surface area contributed by atoms with Crippen LogP contribution in [-0.4, -0.2) is 67.9 Å². The molecule has 2 amide bonds. The van der Waals surface area contributed by atoms with E-state index in [0.717, 1.165) is 49.6 Å². The summed E-state index contributed by atoms with van der Waals surface area (Å²) in [5.74, 6) is 0.108. The van der Waals surface area contributed by atoms with Gasteiger partial charge in [-0.2, -0.15) is 10.2 Å². The summed E-state index contributed by atoms with van der Waals surface area (Å²) in [5, 5.41) is 14.1. The third kappa shape index (κ3) is 5.20. The number of carbonyl (C=O) groups excluding carboxylic acids is 2. The van der Waals surface area contributed by atoms with Gasteiger partial charge in [0.1, 0.15) is 0 Å². The van der Waals surface area contributed by atoms with Gasteiger partial charge in [0, 0.05) is 50.3 Å². The minimum Gasteiger partial charge on any atom is -0.350 e. The van der Waals surface area contributed by atoms with Crippen LogP contribution in [0.3, 0.4) is 0 Å². The third-order valence-electron chi connectivity index (χ3n) is 5.64. The SMILES string of the molecule is Cc1cccc(-c2cnn(CCN3CCC(CNC(=O)c4nn(C)cc4NC=O)C3)c2)n1. The summed E-state index contributed by atoms with van der Waals surface area (Å²) in [5.41, 5.74) is 3.59. The van der Waals surface area contributed by atoms with Gasteiger partial charge in [0.2, 0.25) is 6.41 Å². The highest BCUT2D eigenvalue weighted by atomic mass is 16.2. The second kappa shape index (κ2) is 9.73. The highest BCUT2D eigenvalue weighted by Gasteiger charge is 2.24. The zero-order valence-electron chi connectivity index (χ0n) is 18.4. The Hall–Kier alpha value is -3.53. The molecule has 1 aliphatic rings. The number of rotatable bonds is 9. The average molecular weight is 437 g/mol. The van der Waals surface area contributed by atoms with Crippen LogP contribution in [0.2, 0.25) is 0 Å². The van der Waals surface area contributed by atoms with Crippen molar-refractivity contribution in [2.24, 2.45) is 13.0 Å². The molecular weight excluding hydrogens is 408 g/mol. The van der Waals surface area contributed by atoms with Gasteiger partial charge < -0.3 is 15.5 Å². The smallest absolute Gasteiger partial charge is 0.273 e. The predicted molar refractivity (Wildman–Crippen MR) is 120 cm³/mol. The van der Waals surface area contributed by atoms with Crippen molar-refractivity contribution in [2.75, 3.05) is 31.5 Å². The van der Waals surface area contributed by atoms with Crippen LogP contribution in [0.5, 0.6) is 0 Å². The van der Waals surface area contributed by atoms with Crippen LogP contribution in [0, 0.1) is 12.8 Å². The lowest BCUT2D eigenvalue weighted by atomic mass is 10.1. The monoisotopic (exact) mass is 436 g/mol. The predicted octanol–water partition coefficient (Wildman–Crippen LogP) is 1.31. The van der Waals surface area contributed by atoms with Crippen molar-refractivity contribution in [2.45, 2.75) is 19.9 Å². The van der Waals surface area contributed by atoms with E-state index in [1.54, 1.807) is 13.2 Å². The standard InChI is InChI=1S/C22H28N8O2/c1-16-4-3-5-19(26-16)18-11-25-30(13-18)9-8-29-7-6-17(12-29)10-23-22(32)21-20(24-15-31)14-28(2)27-21/h3-5,11,13-15,17H,6-10,12H2,1-2H3,(H,23,32)(H,24,31). The van der Waals surface area contributed by atoms with E-state index in [2.05, 4.69) is 30.7 Å². The molecule has 4 rings (SSSR count). The lowest BCUT2D eigenvalue weighted by Crippen LogP contribution is -2.32. The topological polar surface area (TPSA) is 110 Å². The molecule has 0 aliphatic carbocycles. The van der Waals surface area contributed by atoms with Crippen LogP contribution >= 0.6 is 0 Å². The molecule has 1 atom stereocenters. The van der Waals surface area contributed by atoms with Crippen molar-refractivity contribution < 1.29 is 9.59 Å². The number of anilines is 1. The van der Waals surface area contributed by atoms with Crippen LogP contribution in [0.25, 0.3) is 11.3 Å². The highest BCUT2D eigenvalue weighted by Crippen LogP contribution is 2.18. The first-order chi connectivity index (χ1) is 15.5. The first-order valence-corrected chi connectivity index (χ1v) is 10.7. The molecule has 0 aromatic carbocycles. The van der Waals surface area contributed by atoms with Gasteiger partial charge in [0.25, 0.3) is 5.91 Å². The van der Waals surface area contributed by atoms with Gasteiger partial charge in [-0.3, -0.25) is 23.9 Å². The Morgan fingerprint density at radius 3 is 2.97 bits per heavy atom. The third-order valence-corrected chi connectivity index (χ3v) is 5.64. The lowest BCUT2D eigenvalue weighted by Gasteiger charge is -2.16. The number of hydrogen-bond acceptors (Lipinski definition) is 6. The van der Waals surface area contributed by atoms with Gasteiger partial charge in [-0.1, -0.05) is 6.07 Å². The van der Waals surface area contributed by atoms with E-state index in [1.165, 1.54) is 4.68 Å². The van der Waals surface area contributed by atoms with Gasteiger partial charge in [-0.05, 0) is 37.9 Å². The van der Waals surface area contributed by atoms with E-state index in [4.69, 9.17) is 0 Å². The number of nitrogens with one attached hydrogen (secondary N) is 2. The van der Waals surface area contributed by atoms with Gasteiger partial charge in [0.15, 0.2) is 5.69 Å². The van der Waals surface area contributed by atoms with Crippen molar-refractivity contribution in [3.63, 3.8) is 0 Å². The fraction of sp³-hybridized carbons (Fsp3) is 0.409. The zero-order valence-corrected chi connectivity index (χ0v) is 18.4. The second-order valence-electron chi connectivity index (χ2n) is 8.15. The van der Waals surface area contributed by atoms with Crippen molar-refractivity contribution in [1.29, 1.82) is 0 Å². The molecule has 32 heavy (non-hydrogen) atoms. The van der Waals surface area contributed by atoms with Crippen LogP contribution in [0.4, 0.5) is 5.69 Å². The Balaban J connectivity index is 1.23. The van der Waals surface area contributed by atoms with Crippen molar-refractivity contribution in [3.8, 4) is 11.3 Å². The summed E-state index contributed by atoms with van der Waals surface area (Å²) >= 11 is 0. The number of aryl methyl sites for hydroxylation is 2. The van der Waals surface area contributed by atoms with Crippen LogP contribution in [-0.2, 0) is 18.4 Å². The van der Waals surface area contributed by atoms with Crippen molar-refractivity contribution in [1.82, 2.24) is 34.8 Å². The minimum atomic E-state index is -0.276. The van der Waals surface area contributed by atoms with Gasteiger partial charge in [-0.25, -0.2) is 0 Å². The Morgan fingerprint density at radius 2 is 2.16 bits per heavy atom. The molecule has 2 N–H and O–H groups in total. The van der Waals surface area contributed by atoms with Gasteiger partial charge in [-0.15, -0.1) is 0 Å². The summed E-state index contributed by atoms with van der Waals surface area (Å²) in [6, 6.07) is 5.99. The maximum atomic E-state index is 12.5. The molecule has 0 bridgehead atoms. The summed E-state index contributed by atoms with van der Waals surface area (Å²) in [7, 11) is 1.71. The Labute approximate surface area is 186 Å². The zero-order chi connectivity index (χ0) is 22.5. The first-order valence-electron chi connectivity index (χ1n) is 10.7. The van der Waals surface area contributed by atoms with Crippen LogP contribution < -0.4 is 10.6 Å². The molecule has 3 aromatic heterocycles. The molecule has 3 aromatic rings. The van der Waals surface area contributed by atoms with Gasteiger partial charge in [0.05, 0.1) is 24.1 Å². The fourth-order valence-electron chi connectivity index (χ4n) is 3.99. The molecule has 0 spiro atoms. The number of amides is 2. The van der Waals surface area contributed by atoms with Crippen molar-refractivity contribution >= 4 is 18.0 Å². The number of hydrogen-bond donors (Lipinski definition) is 2. The average Bonchev–Trinajstić information content (AvgIpc) is 3.51. The van der Waals surface area contributed by atoms with E-state index in [0.29, 0.717) is 24.6 Å². The fourth-order valence-corrected chi connectivity index (χ4v) is 3.99. The molecule has 10 nitrogen and oxygen atoms in total. The van der Waals surface area contributed by atoms with Gasteiger partial charge >= 0.3 is 0 Å². The van der Waals surface area contributed by atoms with Crippen LogP contribution in [0.15, 0.2) is 36.8 Å². The quantitative estimate of drug-likeness (QED) is 0.490. The number of aromatic nitrogens is 5. The summed E-state index contributed by atoms with van der Waals surface area (Å²) < 4.78 is 3.46. The largest absolute Gasteiger partial charge is 0.350 e. The maximum Gasteiger partial charge on any atom is 0.273 e. The number of nitrogens with zero attached hydrogens (tertiary/aromatic N) is 6. The van der Waals surface area contributed by atoms with Crippen molar-refractivity contribution in [3.05, 3.63) is 48.2 Å². The molecule has 10 heteroatoms. The van der Waals surface area contributed by atoms with E-state index in [9.17, 15) is 9.59 Å². The second-order valence-corrected chi connectivity index (χ2v) is 8.15. The molecule has 1 unspecified atom stereocenters. The molecule has 1 aliphatic heterocycles. The van der Waals surface area contributed by atoms with E-state index < -0.39 is 0 Å². The molecule has 1 saturated heterocycles. The van der Waals surface area contributed by atoms with Crippen LogP contribution in [0.1, 0.15) is 22.6 Å². The normalized spacial score (nSPS) is 16.2.